The molecule has 1 aliphatic rings. The first-order valence-corrected chi connectivity index (χ1v) is 6.18. The van der Waals surface area contributed by atoms with Crippen LogP contribution in [0.15, 0.2) is 48.5 Å². The van der Waals surface area contributed by atoms with E-state index < -0.39 is 5.60 Å². The standard InChI is InChI=1S/C17H14O2/c1-19-12-6-11-17(18)15-9-4-2-7-13(15)14-8-3-5-10-16(14)17/h2-5,7-10,18H,12H2,1H3. The van der Waals surface area contributed by atoms with Gasteiger partial charge in [0, 0.05) is 18.2 Å². The van der Waals surface area contributed by atoms with Crippen molar-refractivity contribution in [2.45, 2.75) is 5.60 Å². The highest BCUT2D eigenvalue weighted by atomic mass is 16.5. The first-order valence-electron chi connectivity index (χ1n) is 6.18. The van der Waals surface area contributed by atoms with Crippen LogP contribution in [0.1, 0.15) is 11.1 Å². The van der Waals surface area contributed by atoms with E-state index >= 15 is 0 Å². The summed E-state index contributed by atoms with van der Waals surface area (Å²) in [4.78, 5) is 0. The van der Waals surface area contributed by atoms with Crippen LogP contribution >= 0.6 is 0 Å². The number of methoxy groups -OCH3 is 1. The quantitative estimate of drug-likeness (QED) is 0.788. The van der Waals surface area contributed by atoms with Gasteiger partial charge in [-0.2, -0.15) is 0 Å². The Bertz CT molecular complexity index is 631. The molecule has 2 aromatic carbocycles. The second-order valence-electron chi connectivity index (χ2n) is 4.54. The third-order valence-corrected chi connectivity index (χ3v) is 3.41. The molecule has 2 heteroatoms. The Balaban J connectivity index is 2.23. The van der Waals surface area contributed by atoms with Crippen molar-refractivity contribution in [1.29, 1.82) is 0 Å². The summed E-state index contributed by atoms with van der Waals surface area (Å²) in [6, 6.07) is 15.7. The van der Waals surface area contributed by atoms with Crippen LogP contribution in [0.5, 0.6) is 0 Å². The van der Waals surface area contributed by atoms with Crippen molar-refractivity contribution in [3.05, 3.63) is 59.7 Å². The molecule has 0 spiro atoms. The van der Waals surface area contributed by atoms with Crippen molar-refractivity contribution in [3.63, 3.8) is 0 Å². The maximum atomic E-state index is 11.0. The van der Waals surface area contributed by atoms with Crippen LogP contribution < -0.4 is 0 Å². The van der Waals surface area contributed by atoms with Crippen LogP contribution in [0.4, 0.5) is 0 Å². The molecular weight excluding hydrogens is 236 g/mol. The summed E-state index contributed by atoms with van der Waals surface area (Å²) in [5, 5.41) is 11.0. The van der Waals surface area contributed by atoms with Crippen molar-refractivity contribution in [3.8, 4) is 23.0 Å². The lowest BCUT2D eigenvalue weighted by Crippen LogP contribution is -2.22. The molecule has 1 N–H and O–H groups in total. The average Bonchev–Trinajstić information content (AvgIpc) is 2.71. The molecule has 0 radical (unpaired) electrons. The summed E-state index contributed by atoms with van der Waals surface area (Å²) in [6.07, 6.45) is 0. The van der Waals surface area contributed by atoms with Crippen LogP contribution in [-0.2, 0) is 10.3 Å². The van der Waals surface area contributed by atoms with E-state index in [4.69, 9.17) is 4.74 Å². The maximum Gasteiger partial charge on any atom is 0.178 e. The third-order valence-electron chi connectivity index (χ3n) is 3.41. The molecule has 0 heterocycles. The first kappa shape index (κ1) is 12.0. The maximum absolute atomic E-state index is 11.0. The van der Waals surface area contributed by atoms with E-state index in [0.717, 1.165) is 22.3 Å². The SMILES string of the molecule is COCC#CC1(O)c2ccccc2-c2ccccc21. The lowest BCUT2D eigenvalue weighted by molar-refractivity contribution is 0.149. The van der Waals surface area contributed by atoms with Gasteiger partial charge in [0.15, 0.2) is 5.60 Å². The van der Waals surface area contributed by atoms with Gasteiger partial charge in [-0.3, -0.25) is 0 Å². The smallest absolute Gasteiger partial charge is 0.178 e. The molecule has 0 saturated heterocycles. The van der Waals surface area contributed by atoms with Crippen molar-refractivity contribution in [1.82, 2.24) is 0 Å². The second kappa shape index (κ2) is 4.55. The largest absolute Gasteiger partial charge is 0.372 e. The number of fused-ring (bicyclic) bond motifs is 3. The molecule has 2 nitrogen and oxygen atoms in total. The van der Waals surface area contributed by atoms with Crippen LogP contribution in [0.2, 0.25) is 0 Å². The van der Waals surface area contributed by atoms with E-state index in [0.29, 0.717) is 6.61 Å². The molecule has 0 aliphatic heterocycles. The number of benzene rings is 2. The zero-order valence-corrected chi connectivity index (χ0v) is 10.7. The monoisotopic (exact) mass is 250 g/mol. The van der Waals surface area contributed by atoms with Gasteiger partial charge < -0.3 is 9.84 Å². The molecule has 0 amide bonds. The molecule has 3 rings (SSSR count). The van der Waals surface area contributed by atoms with Crippen LogP contribution in [0, 0.1) is 11.8 Å². The van der Waals surface area contributed by atoms with E-state index in [1.54, 1.807) is 7.11 Å². The highest BCUT2D eigenvalue weighted by Crippen LogP contribution is 2.46. The Kier molecular flexibility index (Phi) is 2.87. The molecule has 19 heavy (non-hydrogen) atoms. The van der Waals surface area contributed by atoms with Gasteiger partial charge in [-0.1, -0.05) is 60.4 Å². The zero-order chi connectivity index (χ0) is 13.3. The molecule has 1 aliphatic carbocycles. The van der Waals surface area contributed by atoms with Crippen molar-refractivity contribution in [2.24, 2.45) is 0 Å². The fourth-order valence-corrected chi connectivity index (χ4v) is 2.58. The number of hydrogen-bond donors (Lipinski definition) is 1. The van der Waals surface area contributed by atoms with Crippen LogP contribution in [0.25, 0.3) is 11.1 Å². The Morgan fingerprint density at radius 2 is 1.53 bits per heavy atom. The number of rotatable bonds is 1. The molecule has 0 aromatic heterocycles. The molecule has 94 valence electrons. The van der Waals surface area contributed by atoms with Crippen molar-refractivity contribution >= 4 is 0 Å². The number of hydrogen-bond acceptors (Lipinski definition) is 2. The highest BCUT2D eigenvalue weighted by Gasteiger charge is 2.39. The van der Waals surface area contributed by atoms with E-state index in [9.17, 15) is 5.11 Å². The fraction of sp³-hybridized carbons (Fsp3) is 0.176. The minimum absolute atomic E-state index is 0.312. The van der Waals surface area contributed by atoms with Gasteiger partial charge in [-0.05, 0) is 11.1 Å². The Morgan fingerprint density at radius 1 is 1.00 bits per heavy atom. The van der Waals surface area contributed by atoms with Crippen molar-refractivity contribution < 1.29 is 9.84 Å². The molecule has 0 bridgehead atoms. The molecule has 0 atom stereocenters. The number of ether oxygens (including phenoxy) is 1. The molecule has 2 aromatic rings. The molecule has 0 fully saturated rings. The lowest BCUT2D eigenvalue weighted by atomic mass is 9.92. The highest BCUT2D eigenvalue weighted by molar-refractivity contribution is 5.81. The Labute approximate surface area is 112 Å². The van der Waals surface area contributed by atoms with E-state index in [-0.39, 0.29) is 0 Å². The summed E-state index contributed by atoms with van der Waals surface area (Å²) >= 11 is 0. The normalized spacial score (nSPS) is 14.2. The zero-order valence-electron chi connectivity index (χ0n) is 10.7. The van der Waals surface area contributed by atoms with E-state index in [1.165, 1.54) is 0 Å². The Hall–Kier alpha value is -2.08. The van der Waals surface area contributed by atoms with Crippen LogP contribution in [0.3, 0.4) is 0 Å². The summed E-state index contributed by atoms with van der Waals surface area (Å²) in [5.41, 5.74) is 2.56. The van der Waals surface area contributed by atoms with Crippen LogP contribution in [-0.4, -0.2) is 18.8 Å². The van der Waals surface area contributed by atoms with Gasteiger partial charge in [0.2, 0.25) is 0 Å². The fourth-order valence-electron chi connectivity index (χ4n) is 2.58. The van der Waals surface area contributed by atoms with E-state index in [1.807, 2.05) is 48.5 Å². The third kappa shape index (κ3) is 1.76. The first-order chi connectivity index (χ1) is 9.27. The molecule has 0 unspecified atom stereocenters. The minimum atomic E-state index is -1.23. The predicted octanol–water partition coefficient (Wildman–Crippen LogP) is 2.55. The Morgan fingerprint density at radius 3 is 2.05 bits per heavy atom. The predicted molar refractivity (Wildman–Crippen MR) is 74.5 cm³/mol. The molecule has 0 saturated carbocycles. The molecular formula is C17H14O2. The van der Waals surface area contributed by atoms with E-state index in [2.05, 4.69) is 11.8 Å². The summed E-state index contributed by atoms with van der Waals surface area (Å²) in [6.45, 7) is 0.312. The van der Waals surface area contributed by atoms with Crippen molar-refractivity contribution in [2.75, 3.05) is 13.7 Å². The topological polar surface area (TPSA) is 29.5 Å². The van der Waals surface area contributed by atoms with Gasteiger partial charge in [0.05, 0.1) is 0 Å². The van der Waals surface area contributed by atoms with Gasteiger partial charge in [0.25, 0.3) is 0 Å². The second-order valence-corrected chi connectivity index (χ2v) is 4.54. The van der Waals surface area contributed by atoms with Gasteiger partial charge in [-0.15, -0.1) is 0 Å². The summed E-state index contributed by atoms with van der Waals surface area (Å²) in [5.74, 6) is 5.83. The summed E-state index contributed by atoms with van der Waals surface area (Å²) in [7, 11) is 1.59. The number of aliphatic hydroxyl groups is 1. The van der Waals surface area contributed by atoms with Gasteiger partial charge >= 0.3 is 0 Å². The lowest BCUT2D eigenvalue weighted by Gasteiger charge is -2.18. The summed E-state index contributed by atoms with van der Waals surface area (Å²) < 4.78 is 4.94. The van der Waals surface area contributed by atoms with Gasteiger partial charge in [0.1, 0.15) is 6.61 Å². The average molecular weight is 250 g/mol. The van der Waals surface area contributed by atoms with Gasteiger partial charge in [-0.25, -0.2) is 0 Å². The minimum Gasteiger partial charge on any atom is -0.372 e.